The number of anilines is 1. The van der Waals surface area contributed by atoms with Gasteiger partial charge >= 0.3 is 0 Å². The Morgan fingerprint density at radius 3 is 2.53 bits per heavy atom. The fraction of sp³-hybridized carbons (Fsp3) is 0.545. The van der Waals surface area contributed by atoms with Crippen LogP contribution in [-0.4, -0.2) is 19.9 Å². The Bertz CT molecular complexity index is 517. The maximum absolute atomic E-state index is 12.1. The first-order valence-electron chi connectivity index (χ1n) is 6.06. The predicted octanol–water partition coefficient (Wildman–Crippen LogP) is 1.74. The third-order valence-corrected chi connectivity index (χ3v) is 4.66. The molecule has 0 unspecified atom stereocenters. The number of sulfonamides is 1. The Morgan fingerprint density at radius 1 is 1.42 bits per heavy atom. The molecule has 0 amide bonds. The van der Waals surface area contributed by atoms with Crippen molar-refractivity contribution in [2.45, 2.75) is 31.6 Å². The number of aromatic nitrogens is 1. The van der Waals surface area contributed by atoms with E-state index in [2.05, 4.69) is 15.1 Å². The van der Waals surface area contributed by atoms with Crippen molar-refractivity contribution in [1.29, 1.82) is 0 Å². The van der Waals surface area contributed by atoms with Gasteiger partial charge in [-0.2, -0.15) is 0 Å². The number of pyridine rings is 1. The predicted molar refractivity (Wildman–Crippen MR) is 76.3 cm³/mol. The lowest BCUT2D eigenvalue weighted by Gasteiger charge is -2.14. The molecule has 0 saturated carbocycles. The van der Waals surface area contributed by atoms with Crippen LogP contribution in [0.2, 0.25) is 5.02 Å². The second-order valence-corrected chi connectivity index (χ2v) is 6.35. The Kier molecular flexibility index (Phi) is 5.99. The highest BCUT2D eigenvalue weighted by atomic mass is 35.5. The van der Waals surface area contributed by atoms with E-state index < -0.39 is 10.0 Å². The summed E-state index contributed by atoms with van der Waals surface area (Å²) in [5.41, 5.74) is 2.28. The first kappa shape index (κ1) is 16.2. The minimum absolute atomic E-state index is 0.0301. The molecule has 1 aromatic rings. The lowest BCUT2D eigenvalue weighted by Crippen LogP contribution is -2.29. The summed E-state index contributed by atoms with van der Waals surface area (Å²) in [5.74, 6) is 5.74. The topological polar surface area (TPSA) is 97.1 Å². The monoisotopic (exact) mass is 306 g/mol. The minimum Gasteiger partial charge on any atom is -0.307 e. The van der Waals surface area contributed by atoms with E-state index in [9.17, 15) is 8.42 Å². The van der Waals surface area contributed by atoms with Gasteiger partial charge in [0.05, 0.1) is 5.02 Å². The van der Waals surface area contributed by atoms with Crippen molar-refractivity contribution in [3.63, 3.8) is 0 Å². The van der Waals surface area contributed by atoms with Gasteiger partial charge in [-0.3, -0.25) is 0 Å². The van der Waals surface area contributed by atoms with E-state index in [1.807, 2.05) is 13.8 Å². The zero-order valence-electron chi connectivity index (χ0n) is 11.0. The van der Waals surface area contributed by atoms with Crippen molar-refractivity contribution in [3.8, 4) is 0 Å². The molecule has 0 spiro atoms. The second kappa shape index (κ2) is 7.04. The number of hydrogen-bond acceptors (Lipinski definition) is 5. The molecule has 0 saturated heterocycles. The fourth-order valence-electron chi connectivity index (χ4n) is 1.56. The highest BCUT2D eigenvalue weighted by Gasteiger charge is 2.17. The van der Waals surface area contributed by atoms with Crippen molar-refractivity contribution >= 4 is 27.4 Å². The molecule has 4 N–H and O–H groups in total. The van der Waals surface area contributed by atoms with Crippen LogP contribution in [-0.2, 0) is 10.0 Å². The Hall–Kier alpha value is -0.890. The first-order valence-corrected chi connectivity index (χ1v) is 7.92. The van der Waals surface area contributed by atoms with Crippen LogP contribution >= 0.6 is 11.6 Å². The van der Waals surface area contributed by atoms with Crippen LogP contribution in [0.5, 0.6) is 0 Å². The molecule has 0 fully saturated rings. The first-order chi connectivity index (χ1) is 8.94. The molecule has 8 heteroatoms. The molecule has 0 bridgehead atoms. The van der Waals surface area contributed by atoms with Crippen LogP contribution in [0.3, 0.4) is 0 Å². The molecule has 1 heterocycles. The number of nitrogens with two attached hydrogens (primary N) is 1. The maximum atomic E-state index is 12.1. The molecule has 108 valence electrons. The summed E-state index contributed by atoms with van der Waals surface area (Å²) in [5, 5.41) is 0.160. The lowest BCUT2D eigenvalue weighted by atomic mass is 10.0. The van der Waals surface area contributed by atoms with Crippen molar-refractivity contribution < 1.29 is 8.42 Å². The minimum atomic E-state index is -3.59. The molecular weight excluding hydrogens is 288 g/mol. The summed E-state index contributed by atoms with van der Waals surface area (Å²) < 4.78 is 26.7. The van der Waals surface area contributed by atoms with Gasteiger partial charge in [-0.1, -0.05) is 38.3 Å². The average molecular weight is 307 g/mol. The van der Waals surface area contributed by atoms with Gasteiger partial charge in [0.1, 0.15) is 4.90 Å². The van der Waals surface area contributed by atoms with Gasteiger partial charge in [-0.05, 0) is 12.0 Å². The number of nitrogens with zero attached hydrogens (tertiary/aromatic N) is 1. The van der Waals surface area contributed by atoms with Gasteiger partial charge in [0.2, 0.25) is 10.0 Å². The summed E-state index contributed by atoms with van der Waals surface area (Å²) in [6.07, 6.45) is 3.07. The number of hydrogen-bond donors (Lipinski definition) is 3. The number of halogens is 1. The molecule has 19 heavy (non-hydrogen) atoms. The highest BCUT2D eigenvalue weighted by Crippen LogP contribution is 2.21. The van der Waals surface area contributed by atoms with Crippen LogP contribution in [0, 0.1) is 5.92 Å². The van der Waals surface area contributed by atoms with Gasteiger partial charge in [0.15, 0.2) is 5.82 Å². The number of rotatable bonds is 7. The second-order valence-electron chi connectivity index (χ2n) is 4.18. The summed E-state index contributed by atoms with van der Waals surface area (Å²) in [4.78, 5) is 3.87. The molecule has 0 aliphatic heterocycles. The van der Waals surface area contributed by atoms with E-state index in [0.717, 1.165) is 12.8 Å². The van der Waals surface area contributed by atoms with Crippen molar-refractivity contribution in [3.05, 3.63) is 17.3 Å². The molecule has 0 atom stereocenters. The van der Waals surface area contributed by atoms with E-state index in [-0.39, 0.29) is 15.7 Å². The maximum Gasteiger partial charge on any atom is 0.242 e. The smallest absolute Gasteiger partial charge is 0.242 e. The van der Waals surface area contributed by atoms with Crippen molar-refractivity contribution in [1.82, 2.24) is 9.71 Å². The normalized spacial score (nSPS) is 11.8. The quantitative estimate of drug-likeness (QED) is 0.526. The Morgan fingerprint density at radius 2 is 2.05 bits per heavy atom. The summed E-state index contributed by atoms with van der Waals surface area (Å²) in [6, 6.07) is 1.32. The zero-order valence-corrected chi connectivity index (χ0v) is 12.6. The highest BCUT2D eigenvalue weighted by molar-refractivity contribution is 7.89. The largest absolute Gasteiger partial charge is 0.307 e. The fourth-order valence-corrected chi connectivity index (χ4v) is 2.93. The summed E-state index contributed by atoms with van der Waals surface area (Å²) >= 11 is 5.86. The van der Waals surface area contributed by atoms with E-state index in [4.69, 9.17) is 17.4 Å². The van der Waals surface area contributed by atoms with Crippen molar-refractivity contribution in [2.24, 2.45) is 11.8 Å². The summed E-state index contributed by atoms with van der Waals surface area (Å²) in [6.45, 7) is 4.47. The van der Waals surface area contributed by atoms with Crippen LogP contribution < -0.4 is 16.0 Å². The molecule has 1 rings (SSSR count). The summed E-state index contributed by atoms with van der Waals surface area (Å²) in [7, 11) is -3.59. The molecule has 0 aliphatic carbocycles. The molecular formula is C11H19ClN4O2S. The lowest BCUT2D eigenvalue weighted by molar-refractivity contribution is 0.479. The molecule has 0 aromatic carbocycles. The average Bonchev–Trinajstić information content (AvgIpc) is 2.39. The van der Waals surface area contributed by atoms with Gasteiger partial charge in [0.25, 0.3) is 0 Å². The third-order valence-electron chi connectivity index (χ3n) is 2.98. The number of hydrazine groups is 1. The van der Waals surface area contributed by atoms with E-state index in [0.29, 0.717) is 12.5 Å². The van der Waals surface area contributed by atoms with Gasteiger partial charge in [-0.25, -0.2) is 24.0 Å². The Labute approximate surface area is 118 Å². The molecule has 1 aromatic heterocycles. The molecule has 0 radical (unpaired) electrons. The molecule has 6 nitrogen and oxygen atoms in total. The van der Waals surface area contributed by atoms with Gasteiger partial charge in [0, 0.05) is 12.7 Å². The van der Waals surface area contributed by atoms with Gasteiger partial charge < -0.3 is 5.43 Å². The standard InChI is InChI=1S/C11H19ClN4O2S/c1-3-8(4-2)6-15-19(17,18)9-5-10(12)11(16-13)14-7-9/h5,7-8,15H,3-4,6,13H2,1-2H3,(H,14,16). The number of nitrogen functional groups attached to an aromatic ring is 1. The molecule has 0 aliphatic rings. The van der Waals surface area contributed by atoms with Crippen LogP contribution in [0.4, 0.5) is 5.82 Å². The van der Waals surface area contributed by atoms with E-state index in [1.165, 1.54) is 12.3 Å². The Balaban J connectivity index is 2.85. The van der Waals surface area contributed by atoms with Crippen molar-refractivity contribution in [2.75, 3.05) is 12.0 Å². The van der Waals surface area contributed by atoms with E-state index in [1.54, 1.807) is 0 Å². The van der Waals surface area contributed by atoms with E-state index >= 15 is 0 Å². The van der Waals surface area contributed by atoms with Crippen LogP contribution in [0.25, 0.3) is 0 Å². The van der Waals surface area contributed by atoms with Gasteiger partial charge in [-0.15, -0.1) is 0 Å². The third kappa shape index (κ3) is 4.31. The zero-order chi connectivity index (χ0) is 14.5. The van der Waals surface area contributed by atoms with Crippen LogP contribution in [0.1, 0.15) is 26.7 Å². The number of nitrogens with one attached hydrogen (secondary N) is 2. The SMILES string of the molecule is CCC(CC)CNS(=O)(=O)c1cnc(NN)c(Cl)c1. The van der Waals surface area contributed by atoms with Crippen LogP contribution in [0.15, 0.2) is 17.2 Å².